The number of imidazole rings is 1. The molecule has 0 radical (unpaired) electrons. The van der Waals surface area contributed by atoms with Crippen LogP contribution in [0.3, 0.4) is 0 Å². The highest BCUT2D eigenvalue weighted by Crippen LogP contribution is 2.21. The topological polar surface area (TPSA) is 58.4 Å². The number of amides is 2. The molecule has 0 atom stereocenters. The summed E-state index contributed by atoms with van der Waals surface area (Å²) < 4.78 is 2.15. The van der Waals surface area contributed by atoms with Crippen molar-refractivity contribution in [1.29, 1.82) is 0 Å². The number of carbonyl (C=O) groups excluding carboxylic acids is 2. The second-order valence-electron chi connectivity index (χ2n) is 7.58. The van der Waals surface area contributed by atoms with Gasteiger partial charge in [-0.15, -0.1) is 0 Å². The average Bonchev–Trinajstić information content (AvgIpc) is 3.16. The number of aromatic nitrogens is 2. The van der Waals surface area contributed by atoms with Gasteiger partial charge < -0.3 is 14.4 Å². The summed E-state index contributed by atoms with van der Waals surface area (Å²) in [5.74, 6) is 0.356. The lowest BCUT2D eigenvalue weighted by atomic mass is 10.1. The van der Waals surface area contributed by atoms with Gasteiger partial charge in [0.2, 0.25) is 11.8 Å². The van der Waals surface area contributed by atoms with Gasteiger partial charge in [-0.3, -0.25) is 9.59 Å². The summed E-state index contributed by atoms with van der Waals surface area (Å²) in [4.78, 5) is 33.2. The zero-order chi connectivity index (χ0) is 18.8. The van der Waals surface area contributed by atoms with E-state index in [4.69, 9.17) is 0 Å². The number of likely N-dealkylation sites (tertiary alicyclic amines) is 1. The number of hydrogen-bond donors (Lipinski definition) is 0. The Morgan fingerprint density at radius 2 is 1.93 bits per heavy atom. The first-order valence-corrected chi connectivity index (χ1v) is 9.74. The van der Waals surface area contributed by atoms with Gasteiger partial charge in [-0.1, -0.05) is 29.8 Å². The maximum absolute atomic E-state index is 12.9. The highest BCUT2D eigenvalue weighted by molar-refractivity contribution is 5.79. The minimum Gasteiger partial charge on any atom is -0.337 e. The smallest absolute Gasteiger partial charge is 0.227 e. The molecule has 1 fully saturated rings. The lowest BCUT2D eigenvalue weighted by Crippen LogP contribution is -2.32. The summed E-state index contributed by atoms with van der Waals surface area (Å²) in [7, 11) is 0. The van der Waals surface area contributed by atoms with Crippen molar-refractivity contribution in [2.24, 2.45) is 0 Å². The Labute approximate surface area is 159 Å². The highest BCUT2D eigenvalue weighted by Gasteiger charge is 2.26. The van der Waals surface area contributed by atoms with E-state index in [2.05, 4.69) is 9.55 Å². The van der Waals surface area contributed by atoms with Crippen LogP contribution >= 0.6 is 0 Å². The van der Waals surface area contributed by atoms with Crippen molar-refractivity contribution in [2.45, 2.75) is 52.2 Å². The molecule has 0 N–H and O–H groups in total. The SMILES string of the molecule is Cc1ccc(CC(=O)N2CCCn3cnc(CN4CCCC4=O)c3C2)cc1. The largest absolute Gasteiger partial charge is 0.337 e. The van der Waals surface area contributed by atoms with Gasteiger partial charge in [0.15, 0.2) is 0 Å². The third-order valence-corrected chi connectivity index (χ3v) is 5.54. The van der Waals surface area contributed by atoms with Crippen LogP contribution in [0.1, 0.15) is 41.8 Å². The summed E-state index contributed by atoms with van der Waals surface area (Å²) in [6, 6.07) is 8.15. The van der Waals surface area contributed by atoms with Crippen LogP contribution in [0.15, 0.2) is 30.6 Å². The minimum atomic E-state index is 0.150. The molecule has 27 heavy (non-hydrogen) atoms. The molecule has 6 heteroatoms. The predicted octanol–water partition coefficient (Wildman–Crippen LogP) is 2.29. The lowest BCUT2D eigenvalue weighted by Gasteiger charge is -2.22. The predicted molar refractivity (Wildman–Crippen MR) is 102 cm³/mol. The number of rotatable bonds is 4. The van der Waals surface area contributed by atoms with Crippen molar-refractivity contribution in [1.82, 2.24) is 19.4 Å². The monoisotopic (exact) mass is 366 g/mol. The normalized spacial score (nSPS) is 17.1. The zero-order valence-electron chi connectivity index (χ0n) is 15.9. The van der Waals surface area contributed by atoms with E-state index < -0.39 is 0 Å². The zero-order valence-corrected chi connectivity index (χ0v) is 15.9. The first-order valence-electron chi connectivity index (χ1n) is 9.74. The quantitative estimate of drug-likeness (QED) is 0.834. The first-order chi connectivity index (χ1) is 13.1. The molecule has 1 saturated heterocycles. The highest BCUT2D eigenvalue weighted by atomic mass is 16.2. The summed E-state index contributed by atoms with van der Waals surface area (Å²) in [6.45, 7) is 5.61. The molecule has 0 bridgehead atoms. The standard InChI is InChI=1S/C21H26N4O2/c1-16-5-7-17(8-6-16)12-21(27)24-10-3-11-25-15-22-18(19(25)14-24)13-23-9-2-4-20(23)26/h5-8,15H,2-4,9-14H2,1H3. The van der Waals surface area contributed by atoms with Crippen LogP contribution in [0, 0.1) is 6.92 Å². The van der Waals surface area contributed by atoms with Gasteiger partial charge in [0.05, 0.1) is 37.2 Å². The molecule has 0 unspecified atom stereocenters. The van der Waals surface area contributed by atoms with Crippen molar-refractivity contribution >= 4 is 11.8 Å². The Morgan fingerprint density at radius 1 is 1.11 bits per heavy atom. The number of benzene rings is 1. The van der Waals surface area contributed by atoms with Gasteiger partial charge in [-0.05, 0) is 25.3 Å². The summed E-state index contributed by atoms with van der Waals surface area (Å²) in [6.07, 6.45) is 4.77. The van der Waals surface area contributed by atoms with Crippen LogP contribution in [0.2, 0.25) is 0 Å². The van der Waals surface area contributed by atoms with Crippen LogP contribution in [0.4, 0.5) is 0 Å². The van der Waals surface area contributed by atoms with Crippen LogP contribution in [0.25, 0.3) is 0 Å². The van der Waals surface area contributed by atoms with E-state index >= 15 is 0 Å². The maximum Gasteiger partial charge on any atom is 0.227 e. The van der Waals surface area contributed by atoms with Gasteiger partial charge in [-0.25, -0.2) is 4.98 Å². The molecule has 4 rings (SSSR count). The average molecular weight is 366 g/mol. The molecule has 3 heterocycles. The molecule has 1 aromatic carbocycles. The molecule has 2 aromatic rings. The van der Waals surface area contributed by atoms with E-state index in [1.54, 1.807) is 0 Å². The number of fused-ring (bicyclic) bond motifs is 1. The Bertz CT molecular complexity index is 840. The minimum absolute atomic E-state index is 0.150. The third kappa shape index (κ3) is 3.89. The van der Waals surface area contributed by atoms with Crippen molar-refractivity contribution < 1.29 is 9.59 Å². The molecular formula is C21H26N4O2. The van der Waals surface area contributed by atoms with Gasteiger partial charge in [0.1, 0.15) is 0 Å². The Morgan fingerprint density at radius 3 is 2.67 bits per heavy atom. The van der Waals surface area contributed by atoms with Crippen LogP contribution in [-0.2, 0) is 35.6 Å². The number of aryl methyl sites for hydroxylation is 2. The Balaban J connectivity index is 1.48. The first kappa shape index (κ1) is 17.8. The molecule has 2 aliphatic heterocycles. The fourth-order valence-corrected chi connectivity index (χ4v) is 3.91. The Kier molecular flexibility index (Phi) is 4.97. The fourth-order valence-electron chi connectivity index (χ4n) is 3.91. The molecule has 0 spiro atoms. The molecule has 0 saturated carbocycles. The van der Waals surface area contributed by atoms with Gasteiger partial charge >= 0.3 is 0 Å². The number of nitrogens with zero attached hydrogens (tertiary/aromatic N) is 4. The van der Waals surface area contributed by atoms with E-state index in [1.807, 2.05) is 47.3 Å². The summed E-state index contributed by atoms with van der Waals surface area (Å²) in [5.41, 5.74) is 4.25. The molecular weight excluding hydrogens is 340 g/mol. The second kappa shape index (κ2) is 7.55. The second-order valence-corrected chi connectivity index (χ2v) is 7.58. The van der Waals surface area contributed by atoms with E-state index in [1.165, 1.54) is 5.56 Å². The van der Waals surface area contributed by atoms with E-state index in [0.717, 1.165) is 49.4 Å². The maximum atomic E-state index is 12.9. The van der Waals surface area contributed by atoms with E-state index in [9.17, 15) is 9.59 Å². The molecule has 2 amide bonds. The molecule has 142 valence electrons. The molecule has 6 nitrogen and oxygen atoms in total. The molecule has 2 aliphatic rings. The van der Waals surface area contributed by atoms with E-state index in [0.29, 0.717) is 25.9 Å². The summed E-state index contributed by atoms with van der Waals surface area (Å²) in [5, 5.41) is 0. The van der Waals surface area contributed by atoms with Crippen molar-refractivity contribution in [2.75, 3.05) is 13.1 Å². The molecule has 1 aromatic heterocycles. The van der Waals surface area contributed by atoms with Crippen molar-refractivity contribution in [3.63, 3.8) is 0 Å². The van der Waals surface area contributed by atoms with Crippen LogP contribution in [0.5, 0.6) is 0 Å². The van der Waals surface area contributed by atoms with Crippen LogP contribution < -0.4 is 0 Å². The van der Waals surface area contributed by atoms with E-state index in [-0.39, 0.29) is 11.8 Å². The number of carbonyl (C=O) groups is 2. The lowest BCUT2D eigenvalue weighted by molar-refractivity contribution is -0.131. The molecule has 0 aliphatic carbocycles. The van der Waals surface area contributed by atoms with Gasteiger partial charge in [-0.2, -0.15) is 0 Å². The van der Waals surface area contributed by atoms with Crippen LogP contribution in [-0.4, -0.2) is 44.3 Å². The van der Waals surface area contributed by atoms with Gasteiger partial charge in [0.25, 0.3) is 0 Å². The van der Waals surface area contributed by atoms with Crippen molar-refractivity contribution in [3.8, 4) is 0 Å². The summed E-state index contributed by atoms with van der Waals surface area (Å²) >= 11 is 0. The fraction of sp³-hybridized carbons (Fsp3) is 0.476. The number of hydrogen-bond acceptors (Lipinski definition) is 3. The Hall–Kier alpha value is -2.63. The third-order valence-electron chi connectivity index (χ3n) is 5.54. The van der Waals surface area contributed by atoms with Crippen molar-refractivity contribution in [3.05, 3.63) is 53.1 Å². The van der Waals surface area contributed by atoms with Gasteiger partial charge in [0, 0.05) is 26.1 Å².